The summed E-state index contributed by atoms with van der Waals surface area (Å²) >= 11 is 0. The van der Waals surface area contributed by atoms with E-state index in [9.17, 15) is 9.90 Å². The molecule has 0 radical (unpaired) electrons. The molecule has 1 aliphatic rings. The van der Waals surface area contributed by atoms with Gasteiger partial charge in [-0.1, -0.05) is 0 Å². The number of aliphatic hydroxyl groups excluding tert-OH is 1. The Labute approximate surface area is 103 Å². The van der Waals surface area contributed by atoms with E-state index in [1.165, 1.54) is 16.8 Å². The fraction of sp³-hybridized carbons (Fsp3) is 0.600. The summed E-state index contributed by atoms with van der Waals surface area (Å²) in [6, 6.07) is 1.51. The maximum absolute atomic E-state index is 11.7. The number of hydrogen-bond donors (Lipinski definition) is 3. The van der Waals surface area contributed by atoms with Crippen LogP contribution in [0.5, 0.6) is 0 Å². The second-order valence-electron chi connectivity index (χ2n) is 3.96. The van der Waals surface area contributed by atoms with Crippen LogP contribution in [0.1, 0.15) is 12.6 Å². The molecule has 1 aliphatic heterocycles. The Morgan fingerprint density at radius 1 is 1.67 bits per heavy atom. The second kappa shape index (κ2) is 5.44. The van der Waals surface area contributed by atoms with Gasteiger partial charge in [0.1, 0.15) is 18.1 Å². The lowest BCUT2D eigenvalue weighted by atomic mass is 10.2. The summed E-state index contributed by atoms with van der Waals surface area (Å²) in [5, 5.41) is 9.17. The first-order valence-corrected chi connectivity index (χ1v) is 5.58. The molecule has 0 spiro atoms. The van der Waals surface area contributed by atoms with Crippen LogP contribution < -0.4 is 17.2 Å². The van der Waals surface area contributed by atoms with Crippen LogP contribution in [-0.2, 0) is 9.47 Å². The fourth-order valence-electron chi connectivity index (χ4n) is 1.98. The first-order chi connectivity index (χ1) is 8.65. The van der Waals surface area contributed by atoms with Crippen molar-refractivity contribution >= 4 is 5.82 Å². The average molecular weight is 256 g/mol. The number of nitrogen functional groups attached to an aromatic ring is 1. The standard InChI is InChI=1S/C10H16N4O4/c11-5-17-6-3-9(18-7(6)4-15)14-2-1-8(12)13-10(14)16/h1-2,6-7,9,15H,3-5,11H2,(H2,12,13,16)/t6-,7+,9+/m0/s1. The van der Waals surface area contributed by atoms with Crippen LogP contribution in [0.4, 0.5) is 5.82 Å². The Morgan fingerprint density at radius 3 is 3.06 bits per heavy atom. The van der Waals surface area contributed by atoms with Crippen molar-refractivity contribution in [3.63, 3.8) is 0 Å². The first-order valence-electron chi connectivity index (χ1n) is 5.58. The summed E-state index contributed by atoms with van der Waals surface area (Å²) in [6.45, 7) is -0.162. The van der Waals surface area contributed by atoms with Gasteiger partial charge in [0, 0.05) is 12.6 Å². The zero-order valence-corrected chi connectivity index (χ0v) is 9.73. The lowest BCUT2D eigenvalue weighted by Crippen LogP contribution is -2.29. The fourth-order valence-corrected chi connectivity index (χ4v) is 1.98. The van der Waals surface area contributed by atoms with Gasteiger partial charge in [0.25, 0.3) is 0 Å². The normalized spacial score (nSPS) is 27.6. The van der Waals surface area contributed by atoms with E-state index in [1.807, 2.05) is 0 Å². The summed E-state index contributed by atoms with van der Waals surface area (Å²) in [5.41, 5.74) is 10.2. The quantitative estimate of drug-likeness (QED) is 0.554. The minimum atomic E-state index is -0.528. The van der Waals surface area contributed by atoms with Crippen LogP contribution in [0.3, 0.4) is 0 Å². The zero-order valence-electron chi connectivity index (χ0n) is 9.73. The third-order valence-electron chi connectivity index (χ3n) is 2.83. The molecule has 8 nitrogen and oxygen atoms in total. The van der Waals surface area contributed by atoms with Crippen molar-refractivity contribution in [1.82, 2.24) is 9.55 Å². The number of hydrogen-bond acceptors (Lipinski definition) is 7. The molecular formula is C10H16N4O4. The molecule has 1 saturated heterocycles. The monoisotopic (exact) mass is 256 g/mol. The van der Waals surface area contributed by atoms with E-state index in [2.05, 4.69) is 4.98 Å². The average Bonchev–Trinajstić information content (AvgIpc) is 2.72. The van der Waals surface area contributed by atoms with Crippen LogP contribution >= 0.6 is 0 Å². The Morgan fingerprint density at radius 2 is 2.44 bits per heavy atom. The van der Waals surface area contributed by atoms with E-state index < -0.39 is 18.0 Å². The predicted molar refractivity (Wildman–Crippen MR) is 62.4 cm³/mol. The molecule has 1 aromatic rings. The highest BCUT2D eigenvalue weighted by molar-refractivity contribution is 5.23. The van der Waals surface area contributed by atoms with Crippen molar-refractivity contribution in [2.75, 3.05) is 19.1 Å². The molecule has 18 heavy (non-hydrogen) atoms. The van der Waals surface area contributed by atoms with Gasteiger partial charge in [0.05, 0.1) is 19.4 Å². The van der Waals surface area contributed by atoms with Gasteiger partial charge in [0.15, 0.2) is 0 Å². The molecule has 5 N–H and O–H groups in total. The molecule has 8 heteroatoms. The summed E-state index contributed by atoms with van der Waals surface area (Å²) in [5.74, 6) is 0.155. The highest BCUT2D eigenvalue weighted by Gasteiger charge is 2.36. The second-order valence-corrected chi connectivity index (χ2v) is 3.96. The molecule has 2 rings (SSSR count). The number of nitrogens with zero attached hydrogens (tertiary/aromatic N) is 2. The van der Waals surface area contributed by atoms with E-state index in [0.717, 1.165) is 0 Å². The Bertz CT molecular complexity index is 463. The third kappa shape index (κ3) is 2.51. The molecule has 1 fully saturated rings. The maximum Gasteiger partial charge on any atom is 0.351 e. The van der Waals surface area contributed by atoms with Crippen molar-refractivity contribution in [3.05, 3.63) is 22.7 Å². The van der Waals surface area contributed by atoms with Crippen LogP contribution in [-0.4, -0.2) is 40.2 Å². The smallest absolute Gasteiger partial charge is 0.351 e. The Hall–Kier alpha value is -1.48. The molecule has 2 heterocycles. The number of ether oxygens (including phenoxy) is 2. The molecule has 0 aromatic carbocycles. The summed E-state index contributed by atoms with van der Waals surface area (Å²) in [7, 11) is 0. The molecule has 0 saturated carbocycles. The van der Waals surface area contributed by atoms with Crippen LogP contribution in [0, 0.1) is 0 Å². The minimum Gasteiger partial charge on any atom is -0.394 e. The van der Waals surface area contributed by atoms with E-state index >= 15 is 0 Å². The Balaban J connectivity index is 2.18. The number of nitrogens with two attached hydrogens (primary N) is 2. The number of aromatic nitrogens is 2. The van der Waals surface area contributed by atoms with Crippen molar-refractivity contribution in [2.24, 2.45) is 5.73 Å². The summed E-state index contributed by atoms with van der Waals surface area (Å²) in [4.78, 5) is 15.3. The van der Waals surface area contributed by atoms with Gasteiger partial charge in [-0.2, -0.15) is 4.98 Å². The van der Waals surface area contributed by atoms with Crippen molar-refractivity contribution in [1.29, 1.82) is 0 Å². The number of aliphatic hydroxyl groups is 1. The predicted octanol–water partition coefficient (Wildman–Crippen LogP) is -1.59. The van der Waals surface area contributed by atoms with Crippen LogP contribution in [0.25, 0.3) is 0 Å². The molecule has 1 aromatic heterocycles. The van der Waals surface area contributed by atoms with Crippen LogP contribution in [0.15, 0.2) is 17.1 Å². The lowest BCUT2D eigenvalue weighted by molar-refractivity contribution is -0.0612. The highest BCUT2D eigenvalue weighted by atomic mass is 16.6. The van der Waals surface area contributed by atoms with Gasteiger partial charge >= 0.3 is 5.69 Å². The topological polar surface area (TPSA) is 126 Å². The minimum absolute atomic E-state index is 0.0339. The van der Waals surface area contributed by atoms with Crippen molar-refractivity contribution in [3.8, 4) is 0 Å². The van der Waals surface area contributed by atoms with Gasteiger partial charge in [-0.3, -0.25) is 4.57 Å². The molecule has 3 atom stereocenters. The van der Waals surface area contributed by atoms with E-state index in [1.54, 1.807) is 0 Å². The molecule has 0 bridgehead atoms. The van der Waals surface area contributed by atoms with E-state index in [4.69, 9.17) is 20.9 Å². The highest BCUT2D eigenvalue weighted by Crippen LogP contribution is 2.29. The van der Waals surface area contributed by atoms with Crippen molar-refractivity contribution in [2.45, 2.75) is 24.9 Å². The molecule has 0 amide bonds. The molecule has 0 unspecified atom stereocenters. The van der Waals surface area contributed by atoms with Crippen LogP contribution in [0.2, 0.25) is 0 Å². The summed E-state index contributed by atoms with van der Waals surface area (Å²) in [6.07, 6.45) is 0.569. The van der Waals surface area contributed by atoms with Gasteiger partial charge in [-0.15, -0.1) is 0 Å². The molecular weight excluding hydrogens is 240 g/mol. The van der Waals surface area contributed by atoms with E-state index in [0.29, 0.717) is 6.42 Å². The molecule has 100 valence electrons. The van der Waals surface area contributed by atoms with Gasteiger partial charge in [-0.05, 0) is 6.07 Å². The van der Waals surface area contributed by atoms with Gasteiger partial charge in [-0.25, -0.2) is 4.79 Å². The van der Waals surface area contributed by atoms with Crippen molar-refractivity contribution < 1.29 is 14.6 Å². The molecule has 0 aliphatic carbocycles. The Kier molecular flexibility index (Phi) is 3.92. The third-order valence-corrected chi connectivity index (χ3v) is 2.83. The largest absolute Gasteiger partial charge is 0.394 e. The zero-order chi connectivity index (χ0) is 13.1. The van der Waals surface area contributed by atoms with Gasteiger partial charge in [0.2, 0.25) is 0 Å². The van der Waals surface area contributed by atoms with Gasteiger partial charge < -0.3 is 26.0 Å². The number of anilines is 1. The lowest BCUT2D eigenvalue weighted by Gasteiger charge is -2.15. The SMILES string of the molecule is NCO[C@H]1C[C@H](n2ccc(N)nc2=O)O[C@@H]1CO. The number of rotatable bonds is 4. The maximum atomic E-state index is 11.7. The summed E-state index contributed by atoms with van der Waals surface area (Å²) < 4.78 is 12.1. The van der Waals surface area contributed by atoms with E-state index in [-0.39, 0.29) is 25.3 Å². The first kappa shape index (κ1) is 13.0.